The first-order chi connectivity index (χ1) is 21.6. The zero-order valence-electron chi connectivity index (χ0n) is 26.5. The van der Waals surface area contributed by atoms with Crippen molar-refractivity contribution in [1.29, 1.82) is 0 Å². The molecule has 3 aromatic carbocycles. The third kappa shape index (κ3) is 8.11. The van der Waals surface area contributed by atoms with Crippen LogP contribution in [0.4, 0.5) is 0 Å². The van der Waals surface area contributed by atoms with Gasteiger partial charge in [0.25, 0.3) is 0 Å². The Morgan fingerprint density at radius 3 is 1.69 bits per heavy atom. The SMILES string of the molecule is CCC1(COc2ccc(C(=O)Oc3ccc(C(=O)Oc4ccc(C(=O)OC5CC(C)CCC5C(C)C)cc4)cc3)cc2)COC1. The molecule has 5 rings (SSSR count). The molecule has 0 N–H and O–H groups in total. The topological polar surface area (TPSA) is 97.4 Å². The van der Waals surface area contributed by atoms with Gasteiger partial charge in [0.1, 0.15) is 23.4 Å². The Morgan fingerprint density at radius 2 is 1.24 bits per heavy atom. The molecule has 238 valence electrons. The number of carbonyl (C=O) groups is 3. The molecule has 0 aromatic heterocycles. The molecule has 0 radical (unpaired) electrons. The lowest BCUT2D eigenvalue weighted by atomic mass is 9.75. The highest BCUT2D eigenvalue weighted by molar-refractivity contribution is 5.93. The van der Waals surface area contributed by atoms with Crippen molar-refractivity contribution in [2.75, 3.05) is 19.8 Å². The Labute approximate surface area is 265 Å². The number of benzene rings is 3. The summed E-state index contributed by atoms with van der Waals surface area (Å²) in [6.45, 7) is 10.7. The van der Waals surface area contributed by atoms with E-state index in [2.05, 4.69) is 27.7 Å². The minimum atomic E-state index is -0.576. The zero-order chi connectivity index (χ0) is 32.0. The van der Waals surface area contributed by atoms with Crippen LogP contribution in [-0.2, 0) is 9.47 Å². The lowest BCUT2D eigenvalue weighted by Crippen LogP contribution is -2.46. The maximum Gasteiger partial charge on any atom is 0.343 e. The Hall–Kier alpha value is -4.17. The number of rotatable bonds is 11. The summed E-state index contributed by atoms with van der Waals surface area (Å²) in [6, 6.07) is 19.3. The standard InChI is InChI=1S/C37H42O8/c1-5-37(21-41-22-37)23-42-29-13-7-26(8-14-29)34(38)43-30-15-9-27(10-16-30)35(39)44-31-17-11-28(12-18-31)36(40)45-33-20-25(4)6-19-32(33)24(2)3/h7-18,24-25,32-33H,5-6,19-23H2,1-4H3. The van der Waals surface area contributed by atoms with Crippen molar-refractivity contribution in [2.24, 2.45) is 23.2 Å². The highest BCUT2D eigenvalue weighted by Gasteiger charge is 2.37. The first-order valence-corrected chi connectivity index (χ1v) is 15.8. The van der Waals surface area contributed by atoms with E-state index in [1.54, 1.807) is 48.5 Å². The minimum Gasteiger partial charge on any atom is -0.493 e. The summed E-state index contributed by atoms with van der Waals surface area (Å²) >= 11 is 0. The van der Waals surface area contributed by atoms with Crippen molar-refractivity contribution in [3.8, 4) is 17.2 Å². The van der Waals surface area contributed by atoms with Crippen LogP contribution in [0.2, 0.25) is 0 Å². The van der Waals surface area contributed by atoms with E-state index in [9.17, 15) is 14.4 Å². The summed E-state index contributed by atoms with van der Waals surface area (Å²) in [7, 11) is 0. The van der Waals surface area contributed by atoms with Gasteiger partial charge in [-0.3, -0.25) is 0 Å². The van der Waals surface area contributed by atoms with E-state index in [1.807, 2.05) is 0 Å². The van der Waals surface area contributed by atoms with Gasteiger partial charge in [-0.25, -0.2) is 14.4 Å². The van der Waals surface area contributed by atoms with Gasteiger partial charge >= 0.3 is 17.9 Å². The number of carbonyl (C=O) groups excluding carboxylic acids is 3. The van der Waals surface area contributed by atoms with Gasteiger partial charge in [-0.1, -0.05) is 34.1 Å². The molecule has 8 heteroatoms. The molecule has 1 saturated heterocycles. The lowest BCUT2D eigenvalue weighted by molar-refractivity contribution is -0.133. The number of hydrogen-bond donors (Lipinski definition) is 0. The van der Waals surface area contributed by atoms with Gasteiger partial charge in [0.05, 0.1) is 41.9 Å². The van der Waals surface area contributed by atoms with Crippen LogP contribution in [0.5, 0.6) is 17.2 Å². The van der Waals surface area contributed by atoms with Crippen LogP contribution < -0.4 is 14.2 Å². The van der Waals surface area contributed by atoms with Crippen LogP contribution in [-0.4, -0.2) is 43.8 Å². The monoisotopic (exact) mass is 614 g/mol. The molecular formula is C37H42O8. The Kier molecular flexibility index (Phi) is 10.2. The van der Waals surface area contributed by atoms with Crippen LogP contribution in [0.1, 0.15) is 84.5 Å². The second-order valence-corrected chi connectivity index (χ2v) is 12.8. The van der Waals surface area contributed by atoms with Gasteiger partial charge < -0.3 is 23.7 Å². The summed E-state index contributed by atoms with van der Waals surface area (Å²) in [5.74, 6) is 1.15. The number of esters is 3. The molecule has 0 bridgehead atoms. The summed E-state index contributed by atoms with van der Waals surface area (Å²) in [5.41, 5.74) is 1.15. The summed E-state index contributed by atoms with van der Waals surface area (Å²) in [5, 5.41) is 0. The molecule has 3 aromatic rings. The van der Waals surface area contributed by atoms with Crippen molar-refractivity contribution in [3.63, 3.8) is 0 Å². The Bertz CT molecular complexity index is 1450. The molecule has 1 heterocycles. The zero-order valence-corrected chi connectivity index (χ0v) is 26.5. The molecule has 45 heavy (non-hydrogen) atoms. The normalized spacial score (nSPS) is 20.5. The second-order valence-electron chi connectivity index (χ2n) is 12.8. The van der Waals surface area contributed by atoms with Crippen LogP contribution in [0.3, 0.4) is 0 Å². The molecule has 1 aliphatic carbocycles. The molecule has 0 amide bonds. The Balaban J connectivity index is 1.10. The number of ether oxygens (including phenoxy) is 5. The quantitative estimate of drug-likeness (QED) is 0.161. The molecule has 0 spiro atoms. The van der Waals surface area contributed by atoms with Gasteiger partial charge in [0, 0.05) is 0 Å². The minimum absolute atomic E-state index is 0.0707. The van der Waals surface area contributed by atoms with Crippen LogP contribution in [0, 0.1) is 23.2 Å². The van der Waals surface area contributed by atoms with Crippen molar-refractivity contribution in [2.45, 2.75) is 59.5 Å². The third-order valence-electron chi connectivity index (χ3n) is 9.02. The fraction of sp³-hybridized carbons (Fsp3) is 0.432. The first kappa shape index (κ1) is 32.2. The summed E-state index contributed by atoms with van der Waals surface area (Å²) < 4.78 is 28.1. The third-order valence-corrected chi connectivity index (χ3v) is 9.02. The molecule has 8 nitrogen and oxygen atoms in total. The van der Waals surface area contributed by atoms with Gasteiger partial charge in [-0.05, 0) is 110 Å². The summed E-state index contributed by atoms with van der Waals surface area (Å²) in [6.07, 6.45) is 3.99. The van der Waals surface area contributed by atoms with Crippen molar-refractivity contribution in [1.82, 2.24) is 0 Å². The highest BCUT2D eigenvalue weighted by Crippen LogP contribution is 2.36. The molecule has 3 unspecified atom stereocenters. The van der Waals surface area contributed by atoms with E-state index < -0.39 is 11.9 Å². The molecule has 1 aliphatic heterocycles. The first-order valence-electron chi connectivity index (χ1n) is 15.8. The average Bonchev–Trinajstić information content (AvgIpc) is 3.01. The fourth-order valence-electron chi connectivity index (χ4n) is 5.81. The van der Waals surface area contributed by atoms with Gasteiger partial charge in [0.15, 0.2) is 0 Å². The van der Waals surface area contributed by atoms with Crippen molar-refractivity contribution < 1.29 is 38.1 Å². The predicted molar refractivity (Wildman–Crippen MR) is 169 cm³/mol. The molecular weight excluding hydrogens is 572 g/mol. The molecule has 3 atom stereocenters. The maximum atomic E-state index is 12.9. The highest BCUT2D eigenvalue weighted by atomic mass is 16.5. The van der Waals surface area contributed by atoms with E-state index >= 15 is 0 Å². The van der Waals surface area contributed by atoms with Gasteiger partial charge in [0.2, 0.25) is 0 Å². The maximum absolute atomic E-state index is 12.9. The van der Waals surface area contributed by atoms with E-state index in [0.717, 1.165) is 25.7 Å². The van der Waals surface area contributed by atoms with E-state index in [0.29, 0.717) is 65.9 Å². The van der Waals surface area contributed by atoms with Gasteiger partial charge in [-0.2, -0.15) is 0 Å². The fourth-order valence-corrected chi connectivity index (χ4v) is 5.81. The largest absolute Gasteiger partial charge is 0.493 e. The van der Waals surface area contributed by atoms with Crippen molar-refractivity contribution >= 4 is 17.9 Å². The van der Waals surface area contributed by atoms with Crippen molar-refractivity contribution in [3.05, 3.63) is 89.5 Å². The average molecular weight is 615 g/mol. The van der Waals surface area contributed by atoms with Crippen LogP contribution >= 0.6 is 0 Å². The molecule has 1 saturated carbocycles. The van der Waals surface area contributed by atoms with Crippen LogP contribution in [0.25, 0.3) is 0 Å². The van der Waals surface area contributed by atoms with E-state index in [1.165, 1.54) is 24.3 Å². The molecule has 2 fully saturated rings. The van der Waals surface area contributed by atoms with Gasteiger partial charge in [-0.15, -0.1) is 0 Å². The smallest absolute Gasteiger partial charge is 0.343 e. The number of hydrogen-bond acceptors (Lipinski definition) is 8. The Morgan fingerprint density at radius 1 is 0.756 bits per heavy atom. The van der Waals surface area contributed by atoms with E-state index in [4.69, 9.17) is 23.7 Å². The lowest BCUT2D eigenvalue weighted by Gasteiger charge is -2.40. The molecule has 2 aliphatic rings. The summed E-state index contributed by atoms with van der Waals surface area (Å²) in [4.78, 5) is 38.2. The second kappa shape index (κ2) is 14.3. The predicted octanol–water partition coefficient (Wildman–Crippen LogP) is 7.55. The van der Waals surface area contributed by atoms with Crippen LogP contribution in [0.15, 0.2) is 72.8 Å². The van der Waals surface area contributed by atoms with E-state index in [-0.39, 0.29) is 23.1 Å².